The van der Waals surface area contributed by atoms with Crippen LogP contribution in [0.3, 0.4) is 0 Å². The lowest BCUT2D eigenvalue weighted by Gasteiger charge is -2.07. The van der Waals surface area contributed by atoms with Gasteiger partial charge in [0.15, 0.2) is 6.10 Å². The Morgan fingerprint density at radius 2 is 2.12 bits per heavy atom. The normalized spacial score (nSPS) is 12.1. The van der Waals surface area contributed by atoms with E-state index in [0.29, 0.717) is 0 Å². The van der Waals surface area contributed by atoms with Crippen molar-refractivity contribution in [1.29, 1.82) is 0 Å². The summed E-state index contributed by atoms with van der Waals surface area (Å²) in [7, 11) is 0. The van der Waals surface area contributed by atoms with Crippen LogP contribution < -0.4 is 0 Å². The Morgan fingerprint density at radius 1 is 1.50 bits per heavy atom. The lowest BCUT2D eigenvalue weighted by atomic mass is 10.1. The highest BCUT2D eigenvalue weighted by Crippen LogP contribution is 2.24. The minimum atomic E-state index is -1.70. The number of aliphatic hydroxyl groups excluding tert-OH is 1. The molecule has 0 aliphatic carbocycles. The number of carboxylic acid groups (broad SMARTS) is 1. The summed E-state index contributed by atoms with van der Waals surface area (Å²) in [5.41, 5.74) is -0.255. The van der Waals surface area contributed by atoms with Crippen molar-refractivity contribution in [3.05, 3.63) is 33.9 Å². The van der Waals surface area contributed by atoms with Crippen molar-refractivity contribution in [2.75, 3.05) is 0 Å². The monoisotopic (exact) mass is 227 g/mol. The fourth-order valence-electron chi connectivity index (χ4n) is 1.14. The fourth-order valence-corrected chi connectivity index (χ4v) is 1.14. The predicted molar refractivity (Wildman–Crippen MR) is 52.1 cm³/mol. The topological polar surface area (TPSA) is 121 Å². The third kappa shape index (κ3) is 2.67. The number of aromatic hydroxyl groups is 1. The van der Waals surface area contributed by atoms with Gasteiger partial charge in [-0.15, -0.1) is 0 Å². The molecule has 1 aromatic carbocycles. The Balaban J connectivity index is 2.98. The largest absolute Gasteiger partial charge is 0.508 e. The van der Waals surface area contributed by atoms with Crippen molar-refractivity contribution < 1.29 is 25.0 Å². The van der Waals surface area contributed by atoms with Crippen LogP contribution in [0.4, 0.5) is 5.69 Å². The number of rotatable bonds is 4. The maximum absolute atomic E-state index is 10.4. The predicted octanol–water partition coefficient (Wildman–Crippen LogP) is 0.288. The molecular weight excluding hydrogens is 218 g/mol. The number of nitro groups is 1. The SMILES string of the molecule is O=C(O)C(O)Cc1cc([N+](=O)[O-])ccc1O. The number of non-ortho nitro benzene ring substituents is 1. The summed E-state index contributed by atoms with van der Waals surface area (Å²) in [5.74, 6) is -1.74. The van der Waals surface area contributed by atoms with Crippen molar-refractivity contribution in [2.24, 2.45) is 0 Å². The summed E-state index contributed by atoms with van der Waals surface area (Å²) in [6.45, 7) is 0. The number of nitrogens with zero attached hydrogens (tertiary/aromatic N) is 1. The van der Waals surface area contributed by atoms with Crippen LogP contribution in [0.15, 0.2) is 18.2 Å². The summed E-state index contributed by atoms with van der Waals surface area (Å²) in [6.07, 6.45) is -2.09. The van der Waals surface area contributed by atoms with Gasteiger partial charge in [0.2, 0.25) is 0 Å². The van der Waals surface area contributed by atoms with Gasteiger partial charge in [0.1, 0.15) is 5.75 Å². The second-order valence-corrected chi connectivity index (χ2v) is 3.13. The van der Waals surface area contributed by atoms with Gasteiger partial charge in [-0.25, -0.2) is 4.79 Å². The van der Waals surface area contributed by atoms with Gasteiger partial charge in [-0.2, -0.15) is 0 Å². The molecule has 16 heavy (non-hydrogen) atoms. The van der Waals surface area contributed by atoms with Gasteiger partial charge < -0.3 is 15.3 Å². The van der Waals surface area contributed by atoms with E-state index in [1.54, 1.807) is 0 Å². The quantitative estimate of drug-likeness (QED) is 0.502. The number of carbonyl (C=O) groups is 1. The maximum atomic E-state index is 10.4. The molecule has 0 aromatic heterocycles. The second kappa shape index (κ2) is 4.58. The summed E-state index contributed by atoms with van der Waals surface area (Å²) in [4.78, 5) is 20.1. The van der Waals surface area contributed by atoms with Gasteiger partial charge in [0.05, 0.1) is 4.92 Å². The van der Waals surface area contributed by atoms with Crippen molar-refractivity contribution >= 4 is 11.7 Å². The zero-order chi connectivity index (χ0) is 12.3. The molecule has 7 nitrogen and oxygen atoms in total. The minimum Gasteiger partial charge on any atom is -0.508 e. The Kier molecular flexibility index (Phi) is 3.41. The van der Waals surface area contributed by atoms with E-state index < -0.39 is 17.0 Å². The van der Waals surface area contributed by atoms with Crippen molar-refractivity contribution in [1.82, 2.24) is 0 Å². The molecule has 0 fully saturated rings. The standard InChI is InChI=1S/C9H9NO6/c11-7-2-1-6(10(15)16)3-5(7)4-8(12)9(13)14/h1-3,8,11-12H,4H2,(H,13,14). The van der Waals surface area contributed by atoms with Crippen molar-refractivity contribution in [3.8, 4) is 5.75 Å². The van der Waals surface area contributed by atoms with E-state index in [0.717, 1.165) is 18.2 Å². The number of hydrogen-bond donors (Lipinski definition) is 3. The van der Waals surface area contributed by atoms with Crippen LogP contribution in [0, 0.1) is 10.1 Å². The van der Waals surface area contributed by atoms with Crippen LogP contribution in [0.1, 0.15) is 5.56 Å². The molecule has 0 saturated carbocycles. The van der Waals surface area contributed by atoms with Crippen molar-refractivity contribution in [3.63, 3.8) is 0 Å². The number of phenolic OH excluding ortho intramolecular Hbond substituents is 1. The van der Waals surface area contributed by atoms with Gasteiger partial charge in [-0.05, 0) is 6.07 Å². The van der Waals surface area contributed by atoms with Crippen LogP contribution >= 0.6 is 0 Å². The summed E-state index contributed by atoms with van der Waals surface area (Å²) in [5, 5.41) is 37.3. The molecule has 0 aliphatic heterocycles. The molecule has 0 aliphatic rings. The van der Waals surface area contributed by atoms with Crippen molar-refractivity contribution in [2.45, 2.75) is 12.5 Å². The van der Waals surface area contributed by atoms with Gasteiger partial charge >= 0.3 is 5.97 Å². The number of aliphatic carboxylic acids is 1. The molecule has 3 N–H and O–H groups in total. The van der Waals surface area contributed by atoms with Gasteiger partial charge in [-0.3, -0.25) is 10.1 Å². The first-order chi connectivity index (χ1) is 7.41. The first kappa shape index (κ1) is 11.9. The lowest BCUT2D eigenvalue weighted by Crippen LogP contribution is -2.22. The van der Waals surface area contributed by atoms with E-state index in [4.69, 9.17) is 10.2 Å². The Morgan fingerprint density at radius 3 is 2.62 bits per heavy atom. The highest BCUT2D eigenvalue weighted by atomic mass is 16.6. The minimum absolute atomic E-state index is 0.0177. The number of benzene rings is 1. The zero-order valence-corrected chi connectivity index (χ0v) is 8.03. The smallest absolute Gasteiger partial charge is 0.332 e. The molecule has 0 bridgehead atoms. The number of carboxylic acids is 1. The molecule has 0 saturated heterocycles. The molecule has 1 aromatic rings. The van der Waals surface area contributed by atoms with Crippen LogP contribution in [0.5, 0.6) is 5.75 Å². The fraction of sp³-hybridized carbons (Fsp3) is 0.222. The molecular formula is C9H9NO6. The highest BCUT2D eigenvalue weighted by Gasteiger charge is 2.18. The molecule has 0 amide bonds. The van der Waals surface area contributed by atoms with E-state index in [1.807, 2.05) is 0 Å². The average molecular weight is 227 g/mol. The lowest BCUT2D eigenvalue weighted by molar-refractivity contribution is -0.384. The first-order valence-electron chi connectivity index (χ1n) is 4.29. The van der Waals surface area contributed by atoms with E-state index in [1.165, 1.54) is 0 Å². The Hall–Kier alpha value is -2.15. The third-order valence-electron chi connectivity index (χ3n) is 1.97. The molecule has 7 heteroatoms. The number of phenols is 1. The van der Waals surface area contributed by atoms with Gasteiger partial charge in [0, 0.05) is 24.1 Å². The summed E-state index contributed by atoms with van der Waals surface area (Å²) < 4.78 is 0. The second-order valence-electron chi connectivity index (χ2n) is 3.13. The Bertz CT molecular complexity index is 430. The zero-order valence-electron chi connectivity index (χ0n) is 8.03. The van der Waals surface area contributed by atoms with Gasteiger partial charge in [0.25, 0.3) is 5.69 Å². The van der Waals surface area contributed by atoms with Crippen LogP contribution in [-0.2, 0) is 11.2 Å². The van der Waals surface area contributed by atoms with Crippen LogP contribution in [0.25, 0.3) is 0 Å². The van der Waals surface area contributed by atoms with Crippen LogP contribution in [-0.4, -0.2) is 32.3 Å². The van der Waals surface area contributed by atoms with E-state index in [2.05, 4.69) is 0 Å². The van der Waals surface area contributed by atoms with Crippen LogP contribution in [0.2, 0.25) is 0 Å². The molecule has 0 heterocycles. The Labute approximate surface area is 89.7 Å². The highest BCUT2D eigenvalue weighted by molar-refractivity contribution is 5.72. The number of nitro benzene ring substituents is 1. The molecule has 0 radical (unpaired) electrons. The van der Waals surface area contributed by atoms with E-state index in [-0.39, 0.29) is 23.4 Å². The molecule has 1 atom stereocenters. The third-order valence-corrected chi connectivity index (χ3v) is 1.97. The van der Waals surface area contributed by atoms with Gasteiger partial charge in [-0.1, -0.05) is 0 Å². The molecule has 1 unspecified atom stereocenters. The summed E-state index contributed by atoms with van der Waals surface area (Å²) in [6, 6.07) is 3.20. The van der Waals surface area contributed by atoms with E-state index >= 15 is 0 Å². The average Bonchev–Trinajstić information content (AvgIpc) is 2.20. The molecule has 86 valence electrons. The molecule has 1 rings (SSSR count). The molecule has 0 spiro atoms. The first-order valence-corrected chi connectivity index (χ1v) is 4.29. The summed E-state index contributed by atoms with van der Waals surface area (Å²) >= 11 is 0. The van der Waals surface area contributed by atoms with E-state index in [9.17, 15) is 20.0 Å². The number of aliphatic hydroxyl groups is 1. The maximum Gasteiger partial charge on any atom is 0.332 e. The number of hydrogen-bond acceptors (Lipinski definition) is 5.